The minimum absolute atomic E-state index is 0.0850. The number of hydrogen-bond donors (Lipinski definition) is 2. The Morgan fingerprint density at radius 2 is 2.21 bits per heavy atom. The number of ether oxygens (including phenoxy) is 1. The van der Waals surface area contributed by atoms with Crippen LogP contribution >= 0.6 is 11.6 Å². The zero-order valence-corrected chi connectivity index (χ0v) is 11.3. The molecule has 0 spiro atoms. The largest absolute Gasteiger partial charge is 0.506 e. The number of pyridine rings is 1. The van der Waals surface area contributed by atoms with Crippen molar-refractivity contribution in [2.45, 2.75) is 13.5 Å². The molecular formula is C14H15ClN2O2. The highest BCUT2D eigenvalue weighted by atomic mass is 35.5. The van der Waals surface area contributed by atoms with Crippen molar-refractivity contribution in [3.63, 3.8) is 0 Å². The minimum Gasteiger partial charge on any atom is -0.506 e. The summed E-state index contributed by atoms with van der Waals surface area (Å²) in [5, 5.41) is 12.9. The molecular weight excluding hydrogens is 264 g/mol. The van der Waals surface area contributed by atoms with Gasteiger partial charge in [0.2, 0.25) is 5.88 Å². The lowest BCUT2D eigenvalue weighted by Crippen LogP contribution is -2.03. The Morgan fingerprint density at radius 1 is 1.37 bits per heavy atom. The standard InChI is InChI=1S/C14H15ClN2O2/c1-2-19-14-12(4-3-7-16-14)17-9-10-5-6-13(18)11(15)8-10/h3-8,17-18H,2,9H2,1H3. The Hall–Kier alpha value is -1.94. The molecule has 1 aromatic carbocycles. The van der Waals surface area contributed by atoms with Gasteiger partial charge in [-0.1, -0.05) is 17.7 Å². The topological polar surface area (TPSA) is 54.4 Å². The van der Waals surface area contributed by atoms with E-state index in [0.717, 1.165) is 11.3 Å². The van der Waals surface area contributed by atoms with Gasteiger partial charge in [-0.15, -0.1) is 0 Å². The molecule has 0 saturated heterocycles. The fourth-order valence-corrected chi connectivity index (χ4v) is 1.84. The molecule has 0 atom stereocenters. The van der Waals surface area contributed by atoms with Crippen molar-refractivity contribution in [1.82, 2.24) is 4.98 Å². The Morgan fingerprint density at radius 3 is 2.95 bits per heavy atom. The van der Waals surface area contributed by atoms with Gasteiger partial charge in [0.15, 0.2) is 0 Å². The Labute approximate surface area is 117 Å². The molecule has 2 N–H and O–H groups in total. The number of rotatable bonds is 5. The summed E-state index contributed by atoms with van der Waals surface area (Å²) in [6, 6.07) is 8.85. The van der Waals surface area contributed by atoms with E-state index in [1.54, 1.807) is 18.3 Å². The molecule has 0 aliphatic carbocycles. The number of hydrogen-bond acceptors (Lipinski definition) is 4. The van der Waals surface area contributed by atoms with Gasteiger partial charge >= 0.3 is 0 Å². The van der Waals surface area contributed by atoms with Crippen molar-refractivity contribution >= 4 is 17.3 Å². The molecule has 0 aliphatic heterocycles. The van der Waals surface area contributed by atoms with Crippen LogP contribution in [0.15, 0.2) is 36.5 Å². The summed E-state index contributed by atoms with van der Waals surface area (Å²) in [7, 11) is 0. The van der Waals surface area contributed by atoms with Gasteiger partial charge in [0, 0.05) is 12.7 Å². The molecule has 19 heavy (non-hydrogen) atoms. The van der Waals surface area contributed by atoms with E-state index in [2.05, 4.69) is 10.3 Å². The summed E-state index contributed by atoms with van der Waals surface area (Å²) in [5.74, 6) is 0.664. The first-order valence-electron chi connectivity index (χ1n) is 5.99. The molecule has 1 heterocycles. The molecule has 0 radical (unpaired) electrons. The van der Waals surface area contributed by atoms with Crippen LogP contribution in [-0.2, 0) is 6.54 Å². The third kappa shape index (κ3) is 3.51. The molecule has 0 unspecified atom stereocenters. The van der Waals surface area contributed by atoms with Crippen molar-refractivity contribution in [2.75, 3.05) is 11.9 Å². The van der Waals surface area contributed by atoms with Gasteiger partial charge in [-0.3, -0.25) is 0 Å². The highest BCUT2D eigenvalue weighted by molar-refractivity contribution is 6.32. The van der Waals surface area contributed by atoms with E-state index in [4.69, 9.17) is 16.3 Å². The highest BCUT2D eigenvalue weighted by Crippen LogP contribution is 2.25. The smallest absolute Gasteiger partial charge is 0.237 e. The number of phenolic OH excluding ortho intramolecular Hbond substituents is 1. The molecule has 2 rings (SSSR count). The van der Waals surface area contributed by atoms with Crippen LogP contribution in [-0.4, -0.2) is 16.7 Å². The van der Waals surface area contributed by atoms with Crippen LogP contribution in [0, 0.1) is 0 Å². The van der Waals surface area contributed by atoms with Crippen LogP contribution in [0.25, 0.3) is 0 Å². The molecule has 0 fully saturated rings. The summed E-state index contributed by atoms with van der Waals surface area (Å²) in [5.41, 5.74) is 1.79. The number of nitrogens with one attached hydrogen (secondary N) is 1. The molecule has 0 saturated carbocycles. The third-order valence-corrected chi connectivity index (χ3v) is 2.85. The van der Waals surface area contributed by atoms with Gasteiger partial charge in [-0.05, 0) is 36.8 Å². The van der Waals surface area contributed by atoms with Crippen LogP contribution < -0.4 is 10.1 Å². The fraction of sp³-hybridized carbons (Fsp3) is 0.214. The highest BCUT2D eigenvalue weighted by Gasteiger charge is 2.04. The van der Waals surface area contributed by atoms with Crippen LogP contribution in [0.1, 0.15) is 12.5 Å². The summed E-state index contributed by atoms with van der Waals surface area (Å²) < 4.78 is 5.43. The molecule has 5 heteroatoms. The lowest BCUT2D eigenvalue weighted by molar-refractivity contribution is 0.328. The molecule has 4 nitrogen and oxygen atoms in total. The fourth-order valence-electron chi connectivity index (χ4n) is 1.63. The summed E-state index contributed by atoms with van der Waals surface area (Å²) in [4.78, 5) is 4.16. The van der Waals surface area contributed by atoms with Crippen molar-refractivity contribution < 1.29 is 9.84 Å². The summed E-state index contributed by atoms with van der Waals surface area (Å²) in [6.45, 7) is 3.06. The number of benzene rings is 1. The lowest BCUT2D eigenvalue weighted by atomic mass is 10.2. The Bertz CT molecular complexity index is 561. The Kier molecular flexibility index (Phi) is 4.47. The zero-order chi connectivity index (χ0) is 13.7. The molecule has 1 aromatic heterocycles. The second-order valence-electron chi connectivity index (χ2n) is 3.93. The van der Waals surface area contributed by atoms with E-state index in [1.807, 2.05) is 25.1 Å². The first kappa shape index (κ1) is 13.5. The third-order valence-electron chi connectivity index (χ3n) is 2.55. The maximum Gasteiger partial charge on any atom is 0.237 e. The second-order valence-corrected chi connectivity index (χ2v) is 4.34. The van der Waals surface area contributed by atoms with Crippen LogP contribution in [0.2, 0.25) is 5.02 Å². The number of halogens is 1. The van der Waals surface area contributed by atoms with Gasteiger partial charge in [0.1, 0.15) is 5.75 Å². The first-order valence-corrected chi connectivity index (χ1v) is 6.37. The normalized spacial score (nSPS) is 10.2. The van der Waals surface area contributed by atoms with Crippen molar-refractivity contribution in [3.8, 4) is 11.6 Å². The van der Waals surface area contributed by atoms with Gasteiger partial charge < -0.3 is 15.2 Å². The average Bonchev–Trinajstić information content (AvgIpc) is 2.42. The maximum absolute atomic E-state index is 9.36. The van der Waals surface area contributed by atoms with E-state index in [-0.39, 0.29) is 5.75 Å². The molecule has 0 bridgehead atoms. The monoisotopic (exact) mass is 278 g/mol. The van der Waals surface area contributed by atoms with Crippen molar-refractivity contribution in [3.05, 3.63) is 47.1 Å². The Balaban J connectivity index is 2.07. The predicted octanol–water partition coefficient (Wildman–Crippen LogP) is 3.45. The van der Waals surface area contributed by atoms with E-state index < -0.39 is 0 Å². The number of phenols is 1. The number of anilines is 1. The number of aromatic hydroxyl groups is 1. The zero-order valence-electron chi connectivity index (χ0n) is 10.6. The summed E-state index contributed by atoms with van der Waals surface area (Å²) >= 11 is 5.86. The molecule has 0 amide bonds. The van der Waals surface area contributed by atoms with Crippen molar-refractivity contribution in [1.29, 1.82) is 0 Å². The molecule has 2 aromatic rings. The van der Waals surface area contributed by atoms with Crippen molar-refractivity contribution in [2.24, 2.45) is 0 Å². The van der Waals surface area contributed by atoms with Crippen LogP contribution in [0.5, 0.6) is 11.6 Å². The number of aromatic nitrogens is 1. The van der Waals surface area contributed by atoms with Gasteiger partial charge in [-0.25, -0.2) is 4.98 Å². The number of nitrogens with zero attached hydrogens (tertiary/aromatic N) is 1. The van der Waals surface area contributed by atoms with Gasteiger partial charge in [0.25, 0.3) is 0 Å². The van der Waals surface area contributed by atoms with E-state index >= 15 is 0 Å². The average molecular weight is 279 g/mol. The maximum atomic E-state index is 9.36. The first-order chi connectivity index (χ1) is 9.20. The van der Waals surface area contributed by atoms with Gasteiger partial charge in [0.05, 0.1) is 17.3 Å². The summed E-state index contributed by atoms with van der Waals surface area (Å²) in [6.07, 6.45) is 1.69. The van der Waals surface area contributed by atoms with Crippen LogP contribution in [0.4, 0.5) is 5.69 Å². The lowest BCUT2D eigenvalue weighted by Gasteiger charge is -2.11. The molecule has 0 aliphatic rings. The second kappa shape index (κ2) is 6.29. The van der Waals surface area contributed by atoms with Gasteiger partial charge in [-0.2, -0.15) is 0 Å². The minimum atomic E-state index is 0.0850. The van der Waals surface area contributed by atoms with E-state index in [9.17, 15) is 5.11 Å². The molecule has 100 valence electrons. The van der Waals surface area contributed by atoms with Crippen LogP contribution in [0.3, 0.4) is 0 Å². The quantitative estimate of drug-likeness (QED) is 0.879. The van der Waals surface area contributed by atoms with E-state index in [0.29, 0.717) is 24.1 Å². The SMILES string of the molecule is CCOc1ncccc1NCc1ccc(O)c(Cl)c1. The van der Waals surface area contributed by atoms with E-state index in [1.165, 1.54) is 0 Å². The predicted molar refractivity (Wildman–Crippen MR) is 75.8 cm³/mol.